The molecule has 39 heavy (non-hydrogen) atoms. The fourth-order valence-electron chi connectivity index (χ4n) is 4.00. The number of fused-ring (bicyclic) bond motifs is 1. The van der Waals surface area contributed by atoms with Gasteiger partial charge in [0.25, 0.3) is 5.91 Å². The van der Waals surface area contributed by atoms with Crippen LogP contribution in [0.25, 0.3) is 16.9 Å². The Hall–Kier alpha value is -4.95. The second-order valence-corrected chi connectivity index (χ2v) is 9.76. The number of aliphatic hydroxyl groups is 1. The molecule has 0 radical (unpaired) electrons. The van der Waals surface area contributed by atoms with Crippen LogP contribution in [-0.2, 0) is 11.3 Å². The van der Waals surface area contributed by atoms with E-state index in [1.807, 2.05) is 36.4 Å². The Morgan fingerprint density at radius 3 is 2.49 bits per heavy atom. The van der Waals surface area contributed by atoms with Crippen molar-refractivity contribution in [1.82, 2.24) is 24.4 Å². The molecule has 1 amide bonds. The molecule has 0 spiro atoms. The predicted molar refractivity (Wildman–Crippen MR) is 146 cm³/mol. The minimum absolute atomic E-state index is 0.0574. The molecule has 11 heteroatoms. The molecule has 0 aliphatic heterocycles. The summed E-state index contributed by atoms with van der Waals surface area (Å²) in [5, 5.41) is 21.7. The van der Waals surface area contributed by atoms with Crippen LogP contribution in [0.1, 0.15) is 20.8 Å². The molecule has 0 bridgehead atoms. The van der Waals surface area contributed by atoms with Crippen molar-refractivity contribution < 1.29 is 14.6 Å². The molecule has 4 rings (SSSR count). The Morgan fingerprint density at radius 2 is 1.85 bits per heavy atom. The SMILES string of the molecule is C[C@@H](Cn1c(=O)n(-c2ccc(Oc3ccccc3)cc2)c2c(N)ncnc21)NC(=O)C(C#N)=CC(C)(C)CO. The number of anilines is 1. The third kappa shape index (κ3) is 5.97. The number of aromatic nitrogens is 4. The average Bonchev–Trinajstić information content (AvgIpc) is 3.20. The van der Waals surface area contributed by atoms with Crippen LogP contribution in [0.5, 0.6) is 11.5 Å². The molecule has 0 saturated heterocycles. The summed E-state index contributed by atoms with van der Waals surface area (Å²) in [6.07, 6.45) is 2.69. The van der Waals surface area contributed by atoms with Crippen molar-refractivity contribution in [3.8, 4) is 23.3 Å². The molecular weight excluding hydrogens is 498 g/mol. The number of hydrogen-bond donors (Lipinski definition) is 3. The summed E-state index contributed by atoms with van der Waals surface area (Å²) in [5.41, 5.74) is 6.04. The number of benzene rings is 2. The fourth-order valence-corrected chi connectivity index (χ4v) is 4.00. The monoisotopic (exact) mass is 527 g/mol. The van der Waals surface area contributed by atoms with E-state index in [1.165, 1.54) is 21.5 Å². The highest BCUT2D eigenvalue weighted by Crippen LogP contribution is 2.25. The second kappa shape index (κ2) is 11.2. The minimum Gasteiger partial charge on any atom is -0.457 e. The molecule has 2 heterocycles. The van der Waals surface area contributed by atoms with Gasteiger partial charge >= 0.3 is 5.69 Å². The van der Waals surface area contributed by atoms with Gasteiger partial charge in [0.05, 0.1) is 12.3 Å². The Kier molecular flexibility index (Phi) is 7.78. The number of para-hydroxylation sites is 1. The maximum Gasteiger partial charge on any atom is 0.335 e. The lowest BCUT2D eigenvalue weighted by molar-refractivity contribution is -0.117. The number of imidazole rings is 1. The number of nitrogens with zero attached hydrogens (tertiary/aromatic N) is 5. The van der Waals surface area contributed by atoms with Gasteiger partial charge in [0.2, 0.25) is 0 Å². The molecule has 2 aromatic carbocycles. The highest BCUT2D eigenvalue weighted by atomic mass is 16.5. The maximum atomic E-state index is 13.6. The molecule has 1 atom stereocenters. The van der Waals surface area contributed by atoms with E-state index in [2.05, 4.69) is 15.3 Å². The normalized spacial score (nSPS) is 12.6. The number of rotatable bonds is 9. The van der Waals surface area contributed by atoms with Gasteiger partial charge in [-0.2, -0.15) is 5.26 Å². The number of nitriles is 1. The van der Waals surface area contributed by atoms with Crippen LogP contribution < -0.4 is 21.5 Å². The first kappa shape index (κ1) is 27.1. The molecule has 4 aromatic rings. The summed E-state index contributed by atoms with van der Waals surface area (Å²) in [6, 6.07) is 17.6. The van der Waals surface area contributed by atoms with Gasteiger partial charge in [0.1, 0.15) is 35.0 Å². The Bertz CT molecular complexity index is 1610. The highest BCUT2D eigenvalue weighted by Gasteiger charge is 2.23. The summed E-state index contributed by atoms with van der Waals surface area (Å²) in [7, 11) is 0. The summed E-state index contributed by atoms with van der Waals surface area (Å²) in [5.74, 6) is 0.791. The number of aliphatic hydroxyl groups excluding tert-OH is 1. The smallest absolute Gasteiger partial charge is 0.335 e. The van der Waals surface area contributed by atoms with Gasteiger partial charge in [0, 0.05) is 18.0 Å². The minimum atomic E-state index is -0.744. The van der Waals surface area contributed by atoms with Crippen molar-refractivity contribution in [2.24, 2.45) is 5.41 Å². The first-order valence-corrected chi connectivity index (χ1v) is 12.2. The molecule has 0 aliphatic rings. The molecule has 0 aliphatic carbocycles. The average molecular weight is 528 g/mol. The molecule has 11 nitrogen and oxygen atoms in total. The topological polar surface area (TPSA) is 161 Å². The highest BCUT2D eigenvalue weighted by molar-refractivity contribution is 5.97. The first-order chi connectivity index (χ1) is 18.6. The van der Waals surface area contributed by atoms with E-state index >= 15 is 0 Å². The van der Waals surface area contributed by atoms with Crippen molar-refractivity contribution in [3.63, 3.8) is 0 Å². The zero-order chi connectivity index (χ0) is 28.2. The zero-order valence-electron chi connectivity index (χ0n) is 21.8. The van der Waals surface area contributed by atoms with E-state index in [0.717, 1.165) is 0 Å². The second-order valence-electron chi connectivity index (χ2n) is 9.76. The van der Waals surface area contributed by atoms with Crippen LogP contribution in [-0.4, -0.2) is 42.8 Å². The lowest BCUT2D eigenvalue weighted by Gasteiger charge is -2.18. The number of hydrogen-bond acceptors (Lipinski definition) is 8. The molecule has 0 saturated carbocycles. The van der Waals surface area contributed by atoms with Crippen LogP contribution in [0.4, 0.5) is 5.82 Å². The Morgan fingerprint density at radius 1 is 1.18 bits per heavy atom. The van der Waals surface area contributed by atoms with E-state index in [4.69, 9.17) is 10.5 Å². The van der Waals surface area contributed by atoms with Crippen molar-refractivity contribution in [2.75, 3.05) is 12.3 Å². The number of nitrogen functional groups attached to an aromatic ring is 1. The maximum absolute atomic E-state index is 13.6. The quantitative estimate of drug-likeness (QED) is 0.221. The van der Waals surface area contributed by atoms with Crippen LogP contribution >= 0.6 is 0 Å². The summed E-state index contributed by atoms with van der Waals surface area (Å²) in [4.78, 5) is 34.7. The lowest BCUT2D eigenvalue weighted by Crippen LogP contribution is -2.39. The van der Waals surface area contributed by atoms with Gasteiger partial charge in [-0.3, -0.25) is 13.9 Å². The number of carbonyl (C=O) groups is 1. The Labute approximate surface area is 224 Å². The number of carbonyl (C=O) groups excluding carboxylic acids is 1. The van der Waals surface area contributed by atoms with Crippen molar-refractivity contribution in [2.45, 2.75) is 33.4 Å². The largest absolute Gasteiger partial charge is 0.457 e. The lowest BCUT2D eigenvalue weighted by atomic mass is 9.92. The van der Waals surface area contributed by atoms with Gasteiger partial charge in [-0.05, 0) is 43.3 Å². The number of nitrogens with one attached hydrogen (secondary N) is 1. The van der Waals surface area contributed by atoms with E-state index in [0.29, 0.717) is 28.4 Å². The summed E-state index contributed by atoms with van der Waals surface area (Å²) < 4.78 is 8.66. The molecule has 200 valence electrons. The molecule has 2 aromatic heterocycles. The number of nitrogens with two attached hydrogens (primary N) is 1. The summed E-state index contributed by atoms with van der Waals surface area (Å²) >= 11 is 0. The third-order valence-corrected chi connectivity index (χ3v) is 5.95. The van der Waals surface area contributed by atoms with Crippen LogP contribution in [0.15, 0.2) is 77.4 Å². The van der Waals surface area contributed by atoms with Crippen LogP contribution in [0, 0.1) is 16.7 Å². The third-order valence-electron chi connectivity index (χ3n) is 5.95. The Balaban J connectivity index is 1.64. The van der Waals surface area contributed by atoms with E-state index in [9.17, 15) is 20.0 Å². The number of ether oxygens (including phenoxy) is 1. The van der Waals surface area contributed by atoms with Gasteiger partial charge in [0.15, 0.2) is 11.5 Å². The number of amides is 1. The predicted octanol–water partition coefficient (Wildman–Crippen LogP) is 2.93. The first-order valence-electron chi connectivity index (χ1n) is 12.2. The summed E-state index contributed by atoms with van der Waals surface area (Å²) in [6.45, 7) is 4.96. The molecular formula is C28H29N7O4. The molecule has 0 unspecified atom stereocenters. The van der Waals surface area contributed by atoms with E-state index in [1.54, 1.807) is 45.0 Å². The van der Waals surface area contributed by atoms with Gasteiger partial charge < -0.3 is 20.9 Å². The van der Waals surface area contributed by atoms with Crippen molar-refractivity contribution in [3.05, 3.63) is 83.1 Å². The van der Waals surface area contributed by atoms with E-state index in [-0.39, 0.29) is 24.5 Å². The van der Waals surface area contributed by atoms with Crippen molar-refractivity contribution >= 4 is 22.9 Å². The zero-order valence-corrected chi connectivity index (χ0v) is 21.8. The molecule has 0 fully saturated rings. The van der Waals surface area contributed by atoms with Gasteiger partial charge in [-0.1, -0.05) is 38.1 Å². The molecule has 4 N–H and O–H groups in total. The van der Waals surface area contributed by atoms with Crippen molar-refractivity contribution in [1.29, 1.82) is 5.26 Å². The van der Waals surface area contributed by atoms with Crippen LogP contribution in [0.3, 0.4) is 0 Å². The van der Waals surface area contributed by atoms with Crippen LogP contribution in [0.2, 0.25) is 0 Å². The van der Waals surface area contributed by atoms with Gasteiger partial charge in [-0.25, -0.2) is 14.8 Å². The fraction of sp³-hybridized carbons (Fsp3) is 0.250. The van der Waals surface area contributed by atoms with E-state index < -0.39 is 23.1 Å². The van der Waals surface area contributed by atoms with Gasteiger partial charge in [-0.15, -0.1) is 0 Å². The standard InChI is InChI=1S/C28H29N7O4/c1-18(33-26(37)19(14-29)13-28(2,3)16-36)15-34-25-23(24(30)31-17-32-25)35(27(34)38)20-9-11-22(12-10-20)39-21-7-5-4-6-8-21/h4-13,17-18,36H,15-16H2,1-3H3,(H,33,37)(H2,30,31,32)/t18-/m0/s1.